The van der Waals surface area contributed by atoms with Crippen LogP contribution in [0.3, 0.4) is 0 Å². The summed E-state index contributed by atoms with van der Waals surface area (Å²) in [4.78, 5) is 16.4. The quantitative estimate of drug-likeness (QED) is 0.758. The lowest BCUT2D eigenvalue weighted by molar-refractivity contribution is 0.0641. The number of nitrogens with zero attached hydrogens (tertiary/aromatic N) is 2. The van der Waals surface area contributed by atoms with Gasteiger partial charge in [-0.3, -0.25) is 4.79 Å². The maximum absolute atomic E-state index is 12.1. The first-order chi connectivity index (χ1) is 7.72. The second-order valence-corrected chi connectivity index (χ2v) is 4.12. The van der Waals surface area contributed by atoms with Crippen LogP contribution in [0.15, 0.2) is 16.7 Å². The third kappa shape index (κ3) is 2.11. The van der Waals surface area contributed by atoms with Crippen molar-refractivity contribution in [3.63, 3.8) is 0 Å². The van der Waals surface area contributed by atoms with Crippen molar-refractivity contribution in [3.05, 3.63) is 23.7 Å². The molecule has 0 saturated carbocycles. The summed E-state index contributed by atoms with van der Waals surface area (Å²) in [6.07, 6.45) is 1.57. The van der Waals surface area contributed by atoms with Crippen molar-refractivity contribution < 1.29 is 9.21 Å². The van der Waals surface area contributed by atoms with Crippen molar-refractivity contribution in [2.45, 2.75) is 13.8 Å². The van der Waals surface area contributed by atoms with E-state index in [4.69, 9.17) is 4.42 Å². The molecule has 1 saturated heterocycles. The normalized spacial score (nSPS) is 17.8. The Morgan fingerprint density at radius 3 is 2.56 bits per heavy atom. The molecule has 4 heteroatoms. The van der Waals surface area contributed by atoms with Crippen LogP contribution < -0.4 is 0 Å². The Morgan fingerprint density at radius 2 is 2.06 bits per heavy atom. The van der Waals surface area contributed by atoms with E-state index in [1.54, 1.807) is 12.3 Å². The summed E-state index contributed by atoms with van der Waals surface area (Å²) in [5, 5.41) is 0. The van der Waals surface area contributed by atoms with Crippen LogP contribution in [-0.4, -0.2) is 48.4 Å². The van der Waals surface area contributed by atoms with Gasteiger partial charge in [-0.2, -0.15) is 0 Å². The predicted octanol–water partition coefficient (Wildman–Crippen LogP) is 1.37. The van der Waals surface area contributed by atoms with Gasteiger partial charge in [0.15, 0.2) is 0 Å². The highest BCUT2D eigenvalue weighted by molar-refractivity contribution is 5.95. The van der Waals surface area contributed by atoms with Gasteiger partial charge in [-0.05, 0) is 19.5 Å². The largest absolute Gasteiger partial charge is 0.469 e. The summed E-state index contributed by atoms with van der Waals surface area (Å²) in [5.41, 5.74) is 0.699. The van der Waals surface area contributed by atoms with Crippen molar-refractivity contribution in [1.29, 1.82) is 0 Å². The van der Waals surface area contributed by atoms with E-state index in [0.29, 0.717) is 11.3 Å². The van der Waals surface area contributed by atoms with E-state index in [0.717, 1.165) is 32.7 Å². The average Bonchev–Trinajstić information content (AvgIpc) is 2.75. The first-order valence-electron chi connectivity index (χ1n) is 5.78. The molecule has 1 fully saturated rings. The van der Waals surface area contributed by atoms with E-state index in [-0.39, 0.29) is 5.91 Å². The maximum atomic E-state index is 12.1. The molecule has 0 N–H and O–H groups in total. The van der Waals surface area contributed by atoms with E-state index in [1.165, 1.54) is 0 Å². The van der Waals surface area contributed by atoms with Gasteiger partial charge < -0.3 is 14.2 Å². The predicted molar refractivity (Wildman–Crippen MR) is 61.5 cm³/mol. The van der Waals surface area contributed by atoms with Gasteiger partial charge in [-0.15, -0.1) is 0 Å². The Kier molecular flexibility index (Phi) is 3.29. The van der Waals surface area contributed by atoms with E-state index in [2.05, 4.69) is 11.8 Å². The zero-order chi connectivity index (χ0) is 11.5. The number of rotatable bonds is 2. The smallest absolute Gasteiger partial charge is 0.257 e. The lowest BCUT2D eigenvalue weighted by Crippen LogP contribution is -2.48. The lowest BCUT2D eigenvalue weighted by atomic mass is 10.2. The highest BCUT2D eigenvalue weighted by Gasteiger charge is 2.23. The summed E-state index contributed by atoms with van der Waals surface area (Å²) in [6, 6.07) is 1.75. The highest BCUT2D eigenvalue weighted by Crippen LogP contribution is 2.13. The molecule has 2 rings (SSSR count). The number of furan rings is 1. The molecule has 16 heavy (non-hydrogen) atoms. The SMILES string of the molecule is CCN1CCN(C(=O)c2ccoc2C)CC1. The van der Waals surface area contributed by atoms with Crippen molar-refractivity contribution in [2.24, 2.45) is 0 Å². The van der Waals surface area contributed by atoms with Gasteiger partial charge in [-0.25, -0.2) is 0 Å². The van der Waals surface area contributed by atoms with Gasteiger partial charge in [0.05, 0.1) is 11.8 Å². The molecule has 1 aliphatic rings. The Bertz CT molecular complexity index is 365. The number of amides is 1. The number of carbonyl (C=O) groups excluding carboxylic acids is 1. The maximum Gasteiger partial charge on any atom is 0.257 e. The first kappa shape index (κ1) is 11.2. The molecule has 88 valence electrons. The van der Waals surface area contributed by atoms with Gasteiger partial charge >= 0.3 is 0 Å². The third-order valence-electron chi connectivity index (χ3n) is 3.20. The fraction of sp³-hybridized carbons (Fsp3) is 0.583. The van der Waals surface area contributed by atoms with E-state index in [1.807, 2.05) is 11.8 Å². The minimum atomic E-state index is 0.0991. The Morgan fingerprint density at radius 1 is 1.38 bits per heavy atom. The average molecular weight is 222 g/mol. The van der Waals surface area contributed by atoms with E-state index >= 15 is 0 Å². The molecule has 0 unspecified atom stereocenters. The summed E-state index contributed by atoms with van der Waals surface area (Å²) < 4.78 is 5.16. The molecule has 0 spiro atoms. The minimum absolute atomic E-state index is 0.0991. The van der Waals surface area contributed by atoms with E-state index in [9.17, 15) is 4.79 Å². The van der Waals surface area contributed by atoms with Crippen LogP contribution in [0.1, 0.15) is 23.0 Å². The molecule has 2 heterocycles. The molecule has 1 aliphatic heterocycles. The van der Waals surface area contributed by atoms with Crippen LogP contribution in [-0.2, 0) is 0 Å². The summed E-state index contributed by atoms with van der Waals surface area (Å²) in [7, 11) is 0. The zero-order valence-corrected chi connectivity index (χ0v) is 9.90. The molecule has 1 aromatic heterocycles. The number of aryl methyl sites for hydroxylation is 1. The van der Waals surface area contributed by atoms with Crippen molar-refractivity contribution in [1.82, 2.24) is 9.80 Å². The van der Waals surface area contributed by atoms with Crippen LogP contribution in [0.4, 0.5) is 0 Å². The highest BCUT2D eigenvalue weighted by atomic mass is 16.3. The minimum Gasteiger partial charge on any atom is -0.469 e. The lowest BCUT2D eigenvalue weighted by Gasteiger charge is -2.33. The van der Waals surface area contributed by atoms with Crippen LogP contribution in [0.2, 0.25) is 0 Å². The zero-order valence-electron chi connectivity index (χ0n) is 9.90. The standard InChI is InChI=1S/C12H18N2O2/c1-3-13-5-7-14(8-6-13)12(15)11-4-9-16-10(11)2/h4,9H,3,5-8H2,1-2H3. The van der Waals surface area contributed by atoms with Gasteiger partial charge in [0, 0.05) is 26.2 Å². The number of likely N-dealkylation sites (N-methyl/N-ethyl adjacent to an activating group) is 1. The number of piperazine rings is 1. The number of carbonyl (C=O) groups is 1. The Labute approximate surface area is 95.8 Å². The second-order valence-electron chi connectivity index (χ2n) is 4.12. The molecule has 0 bridgehead atoms. The fourth-order valence-corrected chi connectivity index (χ4v) is 2.04. The molecule has 4 nitrogen and oxygen atoms in total. The molecule has 1 amide bonds. The fourth-order valence-electron chi connectivity index (χ4n) is 2.04. The molecule has 1 aromatic rings. The van der Waals surface area contributed by atoms with Crippen LogP contribution >= 0.6 is 0 Å². The third-order valence-corrected chi connectivity index (χ3v) is 3.20. The van der Waals surface area contributed by atoms with Crippen molar-refractivity contribution in [3.8, 4) is 0 Å². The molecular formula is C12H18N2O2. The van der Waals surface area contributed by atoms with Gasteiger partial charge in [0.1, 0.15) is 5.76 Å². The topological polar surface area (TPSA) is 36.7 Å². The van der Waals surface area contributed by atoms with Gasteiger partial charge in [0.2, 0.25) is 0 Å². The van der Waals surface area contributed by atoms with Crippen molar-refractivity contribution in [2.75, 3.05) is 32.7 Å². The van der Waals surface area contributed by atoms with E-state index < -0.39 is 0 Å². The first-order valence-corrected chi connectivity index (χ1v) is 5.78. The molecule has 0 atom stereocenters. The summed E-state index contributed by atoms with van der Waals surface area (Å²) in [6.45, 7) is 8.62. The van der Waals surface area contributed by atoms with Crippen molar-refractivity contribution >= 4 is 5.91 Å². The Balaban J connectivity index is 2.00. The Hall–Kier alpha value is -1.29. The molecule has 0 radical (unpaired) electrons. The van der Waals surface area contributed by atoms with Gasteiger partial charge in [0.25, 0.3) is 5.91 Å². The molecule has 0 aromatic carbocycles. The second kappa shape index (κ2) is 4.70. The molecular weight excluding hydrogens is 204 g/mol. The molecule has 0 aliphatic carbocycles. The van der Waals surface area contributed by atoms with Crippen LogP contribution in [0, 0.1) is 6.92 Å². The van der Waals surface area contributed by atoms with Crippen LogP contribution in [0.5, 0.6) is 0 Å². The van der Waals surface area contributed by atoms with Gasteiger partial charge in [-0.1, -0.05) is 6.92 Å². The summed E-state index contributed by atoms with van der Waals surface area (Å²) >= 11 is 0. The summed E-state index contributed by atoms with van der Waals surface area (Å²) in [5.74, 6) is 0.810. The number of hydrogen-bond acceptors (Lipinski definition) is 3. The van der Waals surface area contributed by atoms with Crippen LogP contribution in [0.25, 0.3) is 0 Å². The number of hydrogen-bond donors (Lipinski definition) is 0. The monoisotopic (exact) mass is 222 g/mol.